The van der Waals surface area contributed by atoms with Crippen LogP contribution in [0.2, 0.25) is 0 Å². The van der Waals surface area contributed by atoms with Crippen LogP contribution in [0, 0.1) is 0 Å². The van der Waals surface area contributed by atoms with Crippen molar-refractivity contribution in [2.24, 2.45) is 0 Å². The Bertz CT molecular complexity index is 1330. The van der Waals surface area contributed by atoms with Gasteiger partial charge in [0.05, 0.1) is 0 Å². The molecule has 1 atom stereocenters. The van der Waals surface area contributed by atoms with E-state index in [0.717, 1.165) is 109 Å². The number of carbonyl (C=O) groups is 3. The second kappa shape index (κ2) is 50.7. The molecule has 0 aliphatic rings. The molecule has 0 saturated carbocycles. The molecule has 1 unspecified atom stereocenters. The molecule has 63 heavy (non-hydrogen) atoms. The van der Waals surface area contributed by atoms with Crippen LogP contribution >= 0.6 is 0 Å². The highest BCUT2D eigenvalue weighted by molar-refractivity contribution is 5.71. The zero-order valence-corrected chi connectivity index (χ0v) is 40.5. The van der Waals surface area contributed by atoms with Crippen molar-refractivity contribution in [1.82, 2.24) is 0 Å². The Morgan fingerprint density at radius 1 is 0.333 bits per heavy atom. The molecule has 0 bridgehead atoms. The minimum absolute atomic E-state index is 0.118. The fourth-order valence-corrected chi connectivity index (χ4v) is 6.48. The van der Waals surface area contributed by atoms with Crippen molar-refractivity contribution < 1.29 is 28.6 Å². The van der Waals surface area contributed by atoms with E-state index < -0.39 is 6.10 Å². The molecule has 0 rings (SSSR count). The molecule has 0 amide bonds. The van der Waals surface area contributed by atoms with Crippen LogP contribution in [-0.2, 0) is 28.6 Å². The zero-order valence-electron chi connectivity index (χ0n) is 40.5. The van der Waals surface area contributed by atoms with E-state index in [1.807, 2.05) is 0 Å². The van der Waals surface area contributed by atoms with Gasteiger partial charge in [-0.15, -0.1) is 0 Å². The molecule has 0 aromatic rings. The molecule has 0 saturated heterocycles. The number of esters is 3. The highest BCUT2D eigenvalue weighted by atomic mass is 16.6. The highest BCUT2D eigenvalue weighted by Gasteiger charge is 2.19. The molecule has 0 aromatic heterocycles. The largest absolute Gasteiger partial charge is 0.462 e. The number of carbonyl (C=O) groups excluding carboxylic acids is 3. The number of allylic oxidation sites excluding steroid dienone is 18. The van der Waals surface area contributed by atoms with Crippen LogP contribution in [-0.4, -0.2) is 37.2 Å². The van der Waals surface area contributed by atoms with E-state index in [9.17, 15) is 14.4 Å². The van der Waals surface area contributed by atoms with Crippen LogP contribution in [0.5, 0.6) is 0 Å². The molecule has 0 aromatic carbocycles. The van der Waals surface area contributed by atoms with Crippen molar-refractivity contribution in [3.8, 4) is 0 Å². The van der Waals surface area contributed by atoms with Crippen LogP contribution in [0.25, 0.3) is 0 Å². The van der Waals surface area contributed by atoms with Crippen molar-refractivity contribution in [2.75, 3.05) is 13.2 Å². The molecule has 0 N–H and O–H groups in total. The van der Waals surface area contributed by atoms with Gasteiger partial charge in [0.25, 0.3) is 0 Å². The summed E-state index contributed by atoms with van der Waals surface area (Å²) in [6.45, 7) is 6.29. The van der Waals surface area contributed by atoms with Crippen molar-refractivity contribution in [1.29, 1.82) is 0 Å². The van der Waals surface area contributed by atoms with Gasteiger partial charge >= 0.3 is 17.9 Å². The summed E-state index contributed by atoms with van der Waals surface area (Å²) in [7, 11) is 0. The third-order valence-electron chi connectivity index (χ3n) is 10.2. The summed E-state index contributed by atoms with van der Waals surface area (Å²) in [4.78, 5) is 37.8. The molecule has 6 heteroatoms. The number of rotatable bonds is 44. The molecule has 6 nitrogen and oxygen atoms in total. The van der Waals surface area contributed by atoms with Gasteiger partial charge in [-0.2, -0.15) is 0 Å². The molecule has 0 radical (unpaired) electrons. The molecule has 0 aliphatic carbocycles. The van der Waals surface area contributed by atoms with Gasteiger partial charge in [-0.25, -0.2) is 0 Å². The number of unbranched alkanes of at least 4 members (excludes halogenated alkanes) is 15. The van der Waals surface area contributed by atoms with E-state index >= 15 is 0 Å². The Labute approximate surface area is 387 Å². The van der Waals surface area contributed by atoms with E-state index in [4.69, 9.17) is 14.2 Å². The normalized spacial score (nSPS) is 13.0. The van der Waals surface area contributed by atoms with E-state index in [1.54, 1.807) is 0 Å². The molecule has 0 heterocycles. The third-order valence-corrected chi connectivity index (χ3v) is 10.2. The SMILES string of the molecule is CC/C=C\C/C=C\C/C=C\C/C=C\CCCCCCCCC(=O)OCC(COC(=O)CCCC/C=C\C/C=C\CC)OC(=O)CCC/C=C\C/C=C\C/C=C\CCCCCCCC. The number of hydrogen-bond acceptors (Lipinski definition) is 6. The van der Waals surface area contributed by atoms with Gasteiger partial charge in [-0.3, -0.25) is 14.4 Å². The predicted octanol–water partition coefficient (Wildman–Crippen LogP) is 16.8. The summed E-state index contributed by atoms with van der Waals surface area (Å²) in [5.41, 5.74) is 0. The summed E-state index contributed by atoms with van der Waals surface area (Å²) in [5, 5.41) is 0. The Hall–Kier alpha value is -3.93. The summed E-state index contributed by atoms with van der Waals surface area (Å²) >= 11 is 0. The van der Waals surface area contributed by atoms with E-state index in [0.29, 0.717) is 19.3 Å². The highest BCUT2D eigenvalue weighted by Crippen LogP contribution is 2.12. The minimum Gasteiger partial charge on any atom is -0.462 e. The molecule has 0 aliphatic heterocycles. The Morgan fingerprint density at radius 2 is 0.635 bits per heavy atom. The van der Waals surface area contributed by atoms with Gasteiger partial charge in [0.1, 0.15) is 13.2 Å². The maximum atomic E-state index is 12.8. The lowest BCUT2D eigenvalue weighted by Gasteiger charge is -2.18. The minimum atomic E-state index is -0.824. The van der Waals surface area contributed by atoms with E-state index in [-0.39, 0.29) is 37.5 Å². The third kappa shape index (κ3) is 49.0. The van der Waals surface area contributed by atoms with Gasteiger partial charge in [0.2, 0.25) is 0 Å². The summed E-state index contributed by atoms with van der Waals surface area (Å²) in [6.07, 6.45) is 68.1. The van der Waals surface area contributed by atoms with Gasteiger partial charge in [-0.1, -0.05) is 188 Å². The van der Waals surface area contributed by atoms with Crippen molar-refractivity contribution >= 4 is 17.9 Å². The molecule has 356 valence electrons. The fourth-order valence-electron chi connectivity index (χ4n) is 6.48. The van der Waals surface area contributed by atoms with Gasteiger partial charge in [0, 0.05) is 19.3 Å². The standard InChI is InChI=1S/C57H92O6/c1-4-7-10-13-16-19-21-23-25-27-28-30-31-33-35-38-41-44-47-50-56(59)62-53-54(52-61-55(58)49-46-43-40-37-18-15-12-9-6-3)63-57(60)51-48-45-42-39-36-34-32-29-26-24-22-20-17-14-11-8-5-2/h7,9-10,12,16,18-19,23-26,28,30,32,34,37,39,42,54H,4-6,8,11,13-15,17,20-22,27,29,31,33,35-36,38,40-41,43-53H2,1-3H3/b10-7-,12-9-,19-16-,25-23-,26-24-,30-28-,34-32-,37-18-,42-39-. The van der Waals surface area contributed by atoms with Crippen molar-refractivity contribution in [3.63, 3.8) is 0 Å². The van der Waals surface area contributed by atoms with Crippen LogP contribution < -0.4 is 0 Å². The zero-order chi connectivity index (χ0) is 45.8. The lowest BCUT2D eigenvalue weighted by atomic mass is 10.1. The molecular formula is C57H92O6. The second-order valence-electron chi connectivity index (χ2n) is 16.3. The summed E-state index contributed by atoms with van der Waals surface area (Å²) in [6, 6.07) is 0. The van der Waals surface area contributed by atoms with Crippen molar-refractivity contribution in [3.05, 3.63) is 109 Å². The first-order valence-electron chi connectivity index (χ1n) is 25.4. The number of hydrogen-bond donors (Lipinski definition) is 0. The topological polar surface area (TPSA) is 78.9 Å². The van der Waals surface area contributed by atoms with E-state index in [2.05, 4.69) is 130 Å². The monoisotopic (exact) mass is 873 g/mol. The Balaban J connectivity index is 4.46. The lowest BCUT2D eigenvalue weighted by molar-refractivity contribution is -0.167. The average molecular weight is 873 g/mol. The van der Waals surface area contributed by atoms with Gasteiger partial charge in [-0.05, 0) is 116 Å². The number of ether oxygens (including phenoxy) is 3. The summed E-state index contributed by atoms with van der Waals surface area (Å²) in [5.74, 6) is -1.03. The van der Waals surface area contributed by atoms with Crippen LogP contribution in [0.4, 0.5) is 0 Å². The van der Waals surface area contributed by atoms with Crippen LogP contribution in [0.15, 0.2) is 109 Å². The van der Waals surface area contributed by atoms with Gasteiger partial charge < -0.3 is 14.2 Å². The second-order valence-corrected chi connectivity index (χ2v) is 16.3. The molecule has 0 spiro atoms. The Morgan fingerprint density at radius 3 is 1.05 bits per heavy atom. The van der Waals surface area contributed by atoms with E-state index in [1.165, 1.54) is 57.8 Å². The van der Waals surface area contributed by atoms with Crippen LogP contribution in [0.1, 0.15) is 213 Å². The first kappa shape index (κ1) is 59.1. The smallest absolute Gasteiger partial charge is 0.306 e. The van der Waals surface area contributed by atoms with Gasteiger partial charge in [0.15, 0.2) is 6.10 Å². The lowest BCUT2D eigenvalue weighted by Crippen LogP contribution is -2.30. The first-order valence-corrected chi connectivity index (χ1v) is 25.4. The first-order chi connectivity index (χ1) is 31.0. The average Bonchev–Trinajstić information content (AvgIpc) is 3.28. The predicted molar refractivity (Wildman–Crippen MR) is 270 cm³/mol. The van der Waals surface area contributed by atoms with Crippen molar-refractivity contribution in [2.45, 2.75) is 219 Å². The quantitative estimate of drug-likeness (QED) is 0.0263. The maximum absolute atomic E-state index is 12.8. The Kier molecular flexibility index (Phi) is 47.5. The molecular weight excluding hydrogens is 781 g/mol. The van der Waals surface area contributed by atoms with Crippen LogP contribution in [0.3, 0.4) is 0 Å². The summed E-state index contributed by atoms with van der Waals surface area (Å²) < 4.78 is 16.7. The maximum Gasteiger partial charge on any atom is 0.306 e. The molecule has 0 fully saturated rings. The fraction of sp³-hybridized carbons (Fsp3) is 0.632.